The van der Waals surface area contributed by atoms with Gasteiger partial charge in [-0.15, -0.1) is 0 Å². The highest BCUT2D eigenvalue weighted by Crippen LogP contribution is 2.11. The van der Waals surface area contributed by atoms with E-state index in [4.69, 9.17) is 10.5 Å². The third-order valence-electron chi connectivity index (χ3n) is 2.97. The van der Waals surface area contributed by atoms with Gasteiger partial charge in [0.25, 0.3) is 0 Å². The van der Waals surface area contributed by atoms with E-state index in [1.54, 1.807) is 0 Å². The van der Waals surface area contributed by atoms with Crippen LogP contribution >= 0.6 is 0 Å². The molecule has 1 heterocycles. The Hall–Kier alpha value is -0.900. The molecule has 88 valence electrons. The van der Waals surface area contributed by atoms with Crippen LogP contribution in [0.3, 0.4) is 0 Å². The second-order valence-corrected chi connectivity index (χ2v) is 4.45. The van der Waals surface area contributed by atoms with Gasteiger partial charge < -0.3 is 10.5 Å². The maximum Gasteiger partial charge on any atom is 0.0824 e. The molecule has 2 rings (SSSR count). The molecule has 1 unspecified atom stereocenters. The Bertz CT molecular complexity index is 340. The Morgan fingerprint density at radius 3 is 3.12 bits per heavy atom. The number of aryl methyl sites for hydroxylation is 1. The normalized spacial score (nSPS) is 22.2. The van der Waals surface area contributed by atoms with Crippen molar-refractivity contribution in [3.8, 4) is 0 Å². The molecule has 3 heteroatoms. The van der Waals surface area contributed by atoms with Crippen LogP contribution in [0.15, 0.2) is 24.3 Å². The summed E-state index contributed by atoms with van der Waals surface area (Å²) in [5.41, 5.74) is 8.32. The third kappa shape index (κ3) is 3.04. The molecule has 1 aromatic carbocycles. The monoisotopic (exact) mass is 220 g/mol. The summed E-state index contributed by atoms with van der Waals surface area (Å²) in [7, 11) is 0. The van der Waals surface area contributed by atoms with Gasteiger partial charge in [-0.2, -0.15) is 0 Å². The minimum Gasteiger partial charge on any atom is -0.374 e. The highest BCUT2D eigenvalue weighted by molar-refractivity contribution is 5.22. The molecule has 0 amide bonds. The lowest BCUT2D eigenvalue weighted by Gasteiger charge is -2.32. The van der Waals surface area contributed by atoms with E-state index < -0.39 is 0 Å². The molecule has 0 saturated carbocycles. The smallest absolute Gasteiger partial charge is 0.0824 e. The SMILES string of the molecule is Cc1cccc(CN2CCOC(CN)C2)c1. The Balaban J connectivity index is 1.94. The number of ether oxygens (including phenoxy) is 1. The van der Waals surface area contributed by atoms with Crippen molar-refractivity contribution in [1.29, 1.82) is 0 Å². The highest BCUT2D eigenvalue weighted by atomic mass is 16.5. The van der Waals surface area contributed by atoms with Crippen molar-refractivity contribution in [3.63, 3.8) is 0 Å². The van der Waals surface area contributed by atoms with Crippen LogP contribution in [0.4, 0.5) is 0 Å². The number of nitrogens with two attached hydrogens (primary N) is 1. The zero-order valence-corrected chi connectivity index (χ0v) is 9.86. The lowest BCUT2D eigenvalue weighted by molar-refractivity contribution is -0.0260. The zero-order chi connectivity index (χ0) is 11.4. The fourth-order valence-corrected chi connectivity index (χ4v) is 2.14. The van der Waals surface area contributed by atoms with E-state index in [-0.39, 0.29) is 6.10 Å². The molecular formula is C13H20N2O. The first kappa shape index (κ1) is 11.6. The van der Waals surface area contributed by atoms with Gasteiger partial charge >= 0.3 is 0 Å². The molecule has 0 aromatic heterocycles. The average Bonchev–Trinajstić information content (AvgIpc) is 2.29. The number of hydrogen-bond acceptors (Lipinski definition) is 3. The molecule has 0 spiro atoms. The maximum atomic E-state index is 5.63. The van der Waals surface area contributed by atoms with E-state index in [1.807, 2.05) is 0 Å². The summed E-state index contributed by atoms with van der Waals surface area (Å²) in [6, 6.07) is 8.67. The third-order valence-corrected chi connectivity index (χ3v) is 2.97. The van der Waals surface area contributed by atoms with Gasteiger partial charge in [0.1, 0.15) is 0 Å². The van der Waals surface area contributed by atoms with Gasteiger partial charge in [0.2, 0.25) is 0 Å². The number of hydrogen-bond donors (Lipinski definition) is 1. The van der Waals surface area contributed by atoms with E-state index in [9.17, 15) is 0 Å². The molecule has 1 fully saturated rings. The Morgan fingerprint density at radius 1 is 1.50 bits per heavy atom. The van der Waals surface area contributed by atoms with Crippen molar-refractivity contribution in [2.24, 2.45) is 5.73 Å². The molecule has 1 aromatic rings. The average molecular weight is 220 g/mol. The molecule has 1 atom stereocenters. The van der Waals surface area contributed by atoms with Gasteiger partial charge in [0.15, 0.2) is 0 Å². The van der Waals surface area contributed by atoms with Gasteiger partial charge in [-0.3, -0.25) is 4.90 Å². The highest BCUT2D eigenvalue weighted by Gasteiger charge is 2.18. The first-order valence-electron chi connectivity index (χ1n) is 5.87. The summed E-state index contributed by atoms with van der Waals surface area (Å²) in [6.45, 7) is 6.50. The zero-order valence-electron chi connectivity index (χ0n) is 9.86. The van der Waals surface area contributed by atoms with Crippen LogP contribution in [0.2, 0.25) is 0 Å². The molecule has 0 radical (unpaired) electrons. The largest absolute Gasteiger partial charge is 0.374 e. The maximum absolute atomic E-state index is 5.63. The standard InChI is InChI=1S/C13H20N2O/c1-11-3-2-4-12(7-11)9-15-5-6-16-13(8-14)10-15/h2-4,7,13H,5-6,8-10,14H2,1H3. The van der Waals surface area contributed by atoms with Crippen molar-refractivity contribution < 1.29 is 4.74 Å². The van der Waals surface area contributed by atoms with Crippen molar-refractivity contribution in [3.05, 3.63) is 35.4 Å². The van der Waals surface area contributed by atoms with E-state index in [2.05, 4.69) is 36.1 Å². The predicted molar refractivity (Wildman–Crippen MR) is 65.3 cm³/mol. The van der Waals surface area contributed by atoms with Gasteiger partial charge in [-0.25, -0.2) is 0 Å². The predicted octanol–water partition coefficient (Wildman–Crippen LogP) is 1.15. The Labute approximate surface area is 97.2 Å². The first-order valence-corrected chi connectivity index (χ1v) is 5.87. The molecule has 3 nitrogen and oxygen atoms in total. The summed E-state index contributed by atoms with van der Waals surface area (Å²) >= 11 is 0. The summed E-state index contributed by atoms with van der Waals surface area (Å²) in [6.07, 6.45) is 0.207. The van der Waals surface area contributed by atoms with Crippen LogP contribution in [-0.2, 0) is 11.3 Å². The first-order chi connectivity index (χ1) is 7.78. The minimum absolute atomic E-state index is 0.207. The Morgan fingerprint density at radius 2 is 2.38 bits per heavy atom. The van der Waals surface area contributed by atoms with Crippen molar-refractivity contribution in [1.82, 2.24) is 4.90 Å². The van der Waals surface area contributed by atoms with E-state index >= 15 is 0 Å². The van der Waals surface area contributed by atoms with Gasteiger partial charge in [-0.05, 0) is 12.5 Å². The minimum atomic E-state index is 0.207. The van der Waals surface area contributed by atoms with Crippen molar-refractivity contribution >= 4 is 0 Å². The second kappa shape index (κ2) is 5.43. The molecule has 1 aliphatic rings. The number of morpholine rings is 1. The summed E-state index contributed by atoms with van der Waals surface area (Å²) in [5, 5.41) is 0. The molecular weight excluding hydrogens is 200 g/mol. The van der Waals surface area contributed by atoms with Crippen LogP contribution in [0.1, 0.15) is 11.1 Å². The number of benzene rings is 1. The van der Waals surface area contributed by atoms with Crippen LogP contribution in [0, 0.1) is 6.92 Å². The molecule has 2 N–H and O–H groups in total. The molecule has 1 aliphatic heterocycles. The second-order valence-electron chi connectivity index (χ2n) is 4.45. The molecule has 0 bridgehead atoms. The number of nitrogens with zero attached hydrogens (tertiary/aromatic N) is 1. The fraction of sp³-hybridized carbons (Fsp3) is 0.538. The van der Waals surface area contributed by atoms with Crippen molar-refractivity contribution in [2.75, 3.05) is 26.2 Å². The summed E-state index contributed by atoms with van der Waals surface area (Å²) in [5.74, 6) is 0. The lowest BCUT2D eigenvalue weighted by atomic mass is 10.1. The van der Waals surface area contributed by atoms with Crippen molar-refractivity contribution in [2.45, 2.75) is 19.6 Å². The quantitative estimate of drug-likeness (QED) is 0.830. The molecule has 1 saturated heterocycles. The van der Waals surface area contributed by atoms with Crippen LogP contribution in [-0.4, -0.2) is 37.2 Å². The lowest BCUT2D eigenvalue weighted by Crippen LogP contribution is -2.45. The van der Waals surface area contributed by atoms with Crippen LogP contribution in [0.5, 0.6) is 0 Å². The summed E-state index contributed by atoms with van der Waals surface area (Å²) < 4.78 is 5.55. The topological polar surface area (TPSA) is 38.5 Å². The van der Waals surface area contributed by atoms with Crippen LogP contribution < -0.4 is 5.73 Å². The Kier molecular flexibility index (Phi) is 3.93. The van der Waals surface area contributed by atoms with Gasteiger partial charge in [0, 0.05) is 26.2 Å². The van der Waals surface area contributed by atoms with Gasteiger partial charge in [0.05, 0.1) is 12.7 Å². The van der Waals surface area contributed by atoms with Gasteiger partial charge in [-0.1, -0.05) is 29.8 Å². The number of rotatable bonds is 3. The van der Waals surface area contributed by atoms with E-state index in [1.165, 1.54) is 11.1 Å². The van der Waals surface area contributed by atoms with E-state index in [0.717, 1.165) is 26.2 Å². The van der Waals surface area contributed by atoms with E-state index in [0.29, 0.717) is 6.54 Å². The molecule has 0 aliphatic carbocycles. The fourth-order valence-electron chi connectivity index (χ4n) is 2.14. The van der Waals surface area contributed by atoms with Crippen LogP contribution in [0.25, 0.3) is 0 Å². The summed E-state index contributed by atoms with van der Waals surface area (Å²) in [4.78, 5) is 2.41. The molecule has 16 heavy (non-hydrogen) atoms.